The number of halogens is 1. The van der Waals surface area contributed by atoms with Crippen LogP contribution in [0.15, 0.2) is 53.4 Å². The minimum absolute atomic E-state index is 0.0594. The van der Waals surface area contributed by atoms with Crippen molar-refractivity contribution >= 4 is 35.2 Å². The average Bonchev–Trinajstić information content (AvgIpc) is 3.50. The van der Waals surface area contributed by atoms with Gasteiger partial charge in [-0.3, -0.25) is 9.59 Å². The van der Waals surface area contributed by atoms with Crippen molar-refractivity contribution in [3.8, 4) is 0 Å². The van der Waals surface area contributed by atoms with Crippen molar-refractivity contribution in [2.75, 3.05) is 17.7 Å². The Hall–Kier alpha value is -2.87. The van der Waals surface area contributed by atoms with E-state index < -0.39 is 5.97 Å². The highest BCUT2D eigenvalue weighted by Crippen LogP contribution is 2.24. The SMILES string of the molecule is O=C(CSc1ccccc1C(=O)OCC(=O)NC1CC1)Nc1ccc(F)cc1. The highest BCUT2D eigenvalue weighted by atomic mass is 32.2. The van der Waals surface area contributed by atoms with Gasteiger partial charge in [0, 0.05) is 16.6 Å². The molecule has 0 spiro atoms. The number of ether oxygens (including phenoxy) is 1. The molecule has 2 amide bonds. The molecule has 0 saturated heterocycles. The topological polar surface area (TPSA) is 84.5 Å². The molecule has 1 aliphatic rings. The smallest absolute Gasteiger partial charge is 0.339 e. The number of amides is 2. The maximum absolute atomic E-state index is 12.9. The van der Waals surface area contributed by atoms with E-state index in [-0.39, 0.29) is 36.0 Å². The molecule has 0 unspecified atom stereocenters. The van der Waals surface area contributed by atoms with Gasteiger partial charge in [-0.1, -0.05) is 12.1 Å². The third-order valence-corrected chi connectivity index (χ3v) is 4.94. The molecule has 28 heavy (non-hydrogen) atoms. The van der Waals surface area contributed by atoms with Gasteiger partial charge in [-0.05, 0) is 49.2 Å². The summed E-state index contributed by atoms with van der Waals surface area (Å²) in [7, 11) is 0. The molecule has 146 valence electrons. The van der Waals surface area contributed by atoms with Crippen LogP contribution < -0.4 is 10.6 Å². The van der Waals surface area contributed by atoms with Crippen LogP contribution in [0.5, 0.6) is 0 Å². The maximum atomic E-state index is 12.9. The van der Waals surface area contributed by atoms with Crippen molar-refractivity contribution in [1.29, 1.82) is 0 Å². The predicted molar refractivity (Wildman–Crippen MR) is 104 cm³/mol. The number of nitrogens with one attached hydrogen (secondary N) is 2. The molecule has 0 radical (unpaired) electrons. The Morgan fingerprint density at radius 3 is 2.46 bits per heavy atom. The molecule has 0 aromatic heterocycles. The Labute approximate surface area is 165 Å². The number of carbonyl (C=O) groups is 3. The van der Waals surface area contributed by atoms with Crippen molar-refractivity contribution in [2.45, 2.75) is 23.8 Å². The van der Waals surface area contributed by atoms with Crippen LogP contribution in [0, 0.1) is 5.82 Å². The standard InChI is InChI=1S/C20H19FN2O4S/c21-13-5-7-14(8-6-13)23-19(25)12-28-17-4-2-1-3-16(17)20(26)27-11-18(24)22-15-9-10-15/h1-8,15H,9-12H2,(H,22,24)(H,23,25). The zero-order valence-corrected chi connectivity index (χ0v) is 15.8. The Morgan fingerprint density at radius 1 is 1.04 bits per heavy atom. The van der Waals surface area contributed by atoms with Gasteiger partial charge in [0.15, 0.2) is 6.61 Å². The van der Waals surface area contributed by atoms with E-state index in [4.69, 9.17) is 4.74 Å². The van der Waals surface area contributed by atoms with Crippen LogP contribution in [0.2, 0.25) is 0 Å². The summed E-state index contributed by atoms with van der Waals surface area (Å²) in [4.78, 5) is 36.6. The summed E-state index contributed by atoms with van der Waals surface area (Å²) in [5, 5.41) is 5.40. The Balaban J connectivity index is 1.52. The van der Waals surface area contributed by atoms with E-state index in [2.05, 4.69) is 10.6 Å². The number of carbonyl (C=O) groups excluding carboxylic acids is 3. The molecule has 2 N–H and O–H groups in total. The molecule has 1 aliphatic carbocycles. The van der Waals surface area contributed by atoms with E-state index >= 15 is 0 Å². The first-order valence-corrected chi connectivity index (χ1v) is 9.73. The largest absolute Gasteiger partial charge is 0.452 e. The molecule has 0 atom stereocenters. The number of thioether (sulfide) groups is 1. The predicted octanol–water partition coefficient (Wildman–Crippen LogP) is 2.99. The van der Waals surface area contributed by atoms with Crippen LogP contribution in [0.3, 0.4) is 0 Å². The average molecular weight is 402 g/mol. The van der Waals surface area contributed by atoms with Gasteiger partial charge in [0.05, 0.1) is 11.3 Å². The molecule has 0 bridgehead atoms. The van der Waals surface area contributed by atoms with Gasteiger partial charge in [-0.25, -0.2) is 9.18 Å². The summed E-state index contributed by atoms with van der Waals surface area (Å²) in [5.74, 6) is -1.55. The van der Waals surface area contributed by atoms with Crippen molar-refractivity contribution in [3.05, 3.63) is 59.9 Å². The molecular formula is C20H19FN2O4S. The minimum Gasteiger partial charge on any atom is -0.452 e. The minimum atomic E-state index is -0.618. The van der Waals surface area contributed by atoms with Gasteiger partial charge >= 0.3 is 5.97 Å². The Morgan fingerprint density at radius 2 is 1.75 bits per heavy atom. The lowest BCUT2D eigenvalue weighted by Gasteiger charge is -2.10. The van der Waals surface area contributed by atoms with E-state index in [1.54, 1.807) is 24.3 Å². The number of anilines is 1. The second kappa shape index (κ2) is 9.36. The fourth-order valence-electron chi connectivity index (χ4n) is 2.34. The first-order chi connectivity index (χ1) is 13.5. The molecule has 6 nitrogen and oxygen atoms in total. The van der Waals surface area contributed by atoms with Crippen LogP contribution in [-0.2, 0) is 14.3 Å². The quantitative estimate of drug-likeness (QED) is 0.524. The lowest BCUT2D eigenvalue weighted by Crippen LogP contribution is -2.30. The zero-order valence-electron chi connectivity index (χ0n) is 14.9. The van der Waals surface area contributed by atoms with Crippen molar-refractivity contribution in [1.82, 2.24) is 5.32 Å². The van der Waals surface area contributed by atoms with Gasteiger partial charge in [-0.2, -0.15) is 0 Å². The molecule has 1 fully saturated rings. The third-order valence-electron chi connectivity index (χ3n) is 3.87. The van der Waals surface area contributed by atoms with Crippen LogP contribution in [0.4, 0.5) is 10.1 Å². The van der Waals surface area contributed by atoms with Crippen molar-refractivity contribution < 1.29 is 23.5 Å². The molecule has 3 rings (SSSR count). The van der Waals surface area contributed by atoms with Crippen LogP contribution in [0.1, 0.15) is 23.2 Å². The third kappa shape index (κ3) is 6.09. The molecule has 0 heterocycles. The number of rotatable bonds is 8. The summed E-state index contributed by atoms with van der Waals surface area (Å²) in [6, 6.07) is 12.4. The fourth-order valence-corrected chi connectivity index (χ4v) is 3.18. The Kier molecular flexibility index (Phi) is 6.65. The fraction of sp³-hybridized carbons (Fsp3) is 0.250. The van der Waals surface area contributed by atoms with Crippen molar-refractivity contribution in [3.63, 3.8) is 0 Å². The molecular weight excluding hydrogens is 383 g/mol. The normalized spacial score (nSPS) is 12.9. The number of hydrogen-bond donors (Lipinski definition) is 2. The van der Waals surface area contributed by atoms with Crippen LogP contribution in [0.25, 0.3) is 0 Å². The first-order valence-electron chi connectivity index (χ1n) is 8.75. The van der Waals surface area contributed by atoms with Gasteiger partial charge in [-0.15, -0.1) is 11.8 Å². The molecule has 8 heteroatoms. The number of hydrogen-bond acceptors (Lipinski definition) is 5. The number of esters is 1. The monoisotopic (exact) mass is 402 g/mol. The van der Waals surface area contributed by atoms with E-state index in [1.807, 2.05) is 0 Å². The van der Waals surface area contributed by atoms with Gasteiger partial charge in [0.25, 0.3) is 5.91 Å². The van der Waals surface area contributed by atoms with Crippen LogP contribution >= 0.6 is 11.8 Å². The van der Waals surface area contributed by atoms with E-state index in [0.29, 0.717) is 16.1 Å². The molecule has 2 aromatic rings. The maximum Gasteiger partial charge on any atom is 0.339 e. The Bertz CT molecular complexity index is 869. The van der Waals surface area contributed by atoms with Crippen LogP contribution in [-0.4, -0.2) is 36.2 Å². The summed E-state index contributed by atoms with van der Waals surface area (Å²) < 4.78 is 18.0. The van der Waals surface area contributed by atoms with Gasteiger partial charge < -0.3 is 15.4 Å². The first kappa shape index (κ1) is 19.9. The lowest BCUT2D eigenvalue weighted by molar-refractivity contribution is -0.124. The second-order valence-corrected chi connectivity index (χ2v) is 7.28. The molecule has 0 aliphatic heterocycles. The zero-order chi connectivity index (χ0) is 19.9. The van der Waals surface area contributed by atoms with E-state index in [0.717, 1.165) is 12.8 Å². The molecule has 1 saturated carbocycles. The lowest BCUT2D eigenvalue weighted by atomic mass is 10.2. The van der Waals surface area contributed by atoms with Gasteiger partial charge in [0.2, 0.25) is 5.91 Å². The summed E-state index contributed by atoms with van der Waals surface area (Å²) in [6.45, 7) is -0.334. The number of benzene rings is 2. The van der Waals surface area contributed by atoms with E-state index in [1.165, 1.54) is 36.0 Å². The summed E-state index contributed by atoms with van der Waals surface area (Å²) in [6.07, 6.45) is 1.91. The summed E-state index contributed by atoms with van der Waals surface area (Å²) in [5.41, 5.74) is 0.780. The highest BCUT2D eigenvalue weighted by molar-refractivity contribution is 8.00. The molecule has 2 aromatic carbocycles. The second-order valence-electron chi connectivity index (χ2n) is 6.26. The van der Waals surface area contributed by atoms with Gasteiger partial charge in [0.1, 0.15) is 5.82 Å². The van der Waals surface area contributed by atoms with Crippen molar-refractivity contribution in [2.24, 2.45) is 0 Å². The van der Waals surface area contributed by atoms with E-state index in [9.17, 15) is 18.8 Å². The summed E-state index contributed by atoms with van der Waals surface area (Å²) >= 11 is 1.17. The highest BCUT2D eigenvalue weighted by Gasteiger charge is 2.24.